The predicted octanol–water partition coefficient (Wildman–Crippen LogP) is 4.34. The highest BCUT2D eigenvalue weighted by Gasteiger charge is 2.27. The van der Waals surface area contributed by atoms with E-state index in [9.17, 15) is 0 Å². The highest BCUT2D eigenvalue weighted by molar-refractivity contribution is 5.41. The van der Waals surface area contributed by atoms with E-state index in [0.29, 0.717) is 5.41 Å². The highest BCUT2D eigenvalue weighted by atomic mass is 16.5. The van der Waals surface area contributed by atoms with E-state index in [1.807, 2.05) is 13.8 Å². The summed E-state index contributed by atoms with van der Waals surface area (Å²) < 4.78 is 5.25. The van der Waals surface area contributed by atoms with Crippen molar-refractivity contribution in [2.45, 2.75) is 52.4 Å². The van der Waals surface area contributed by atoms with Crippen LogP contribution in [0.4, 0.5) is 0 Å². The minimum atomic E-state index is 0.347. The Morgan fingerprint density at radius 1 is 1.19 bits per heavy atom. The number of ether oxygens (including phenoxy) is 1. The molecule has 0 saturated carbocycles. The van der Waals surface area contributed by atoms with Gasteiger partial charge >= 0.3 is 0 Å². The molecule has 0 amide bonds. The lowest BCUT2D eigenvalue weighted by atomic mass is 9.73. The fourth-order valence-corrected chi connectivity index (χ4v) is 2.42. The van der Waals surface area contributed by atoms with E-state index in [1.165, 1.54) is 30.4 Å². The molecule has 90 valence electrons. The van der Waals surface area contributed by atoms with Crippen molar-refractivity contribution >= 4 is 0 Å². The molecule has 1 heteroatoms. The molecule has 1 nitrogen and oxygen atoms in total. The fourth-order valence-electron chi connectivity index (χ4n) is 2.42. The molecule has 1 aliphatic rings. The third kappa shape index (κ3) is 2.58. The van der Waals surface area contributed by atoms with Gasteiger partial charge in [-0.2, -0.15) is 0 Å². The van der Waals surface area contributed by atoms with Gasteiger partial charge in [0.2, 0.25) is 0 Å². The van der Waals surface area contributed by atoms with Crippen molar-refractivity contribution in [1.82, 2.24) is 0 Å². The second-order valence-corrected chi connectivity index (χ2v) is 4.76. The Morgan fingerprint density at radius 2 is 1.88 bits per heavy atom. The van der Waals surface area contributed by atoms with Gasteiger partial charge in [0.15, 0.2) is 0 Å². The second kappa shape index (κ2) is 5.38. The van der Waals surface area contributed by atoms with E-state index in [0.717, 1.165) is 5.75 Å². The van der Waals surface area contributed by atoms with Gasteiger partial charge in [-0.25, -0.2) is 0 Å². The number of hydrogen-bond acceptors (Lipinski definition) is 1. The molecule has 1 aromatic carbocycles. The quantitative estimate of drug-likeness (QED) is 0.684. The van der Waals surface area contributed by atoms with Crippen LogP contribution < -0.4 is 4.74 Å². The number of methoxy groups -OCH3 is 1. The molecule has 0 heterocycles. The van der Waals surface area contributed by atoms with Gasteiger partial charge in [0, 0.05) is 0 Å². The zero-order valence-corrected chi connectivity index (χ0v) is 11.3. The average molecular weight is 220 g/mol. The number of benzene rings is 1. The predicted molar refractivity (Wildman–Crippen MR) is 70.3 cm³/mol. The molecular weight excluding hydrogens is 196 g/mol. The van der Waals surface area contributed by atoms with Crippen LogP contribution in [0.25, 0.3) is 0 Å². The van der Waals surface area contributed by atoms with Crippen LogP contribution in [0.5, 0.6) is 5.75 Å². The van der Waals surface area contributed by atoms with Crippen LogP contribution in [0.3, 0.4) is 0 Å². The monoisotopic (exact) mass is 220 g/mol. The second-order valence-electron chi connectivity index (χ2n) is 4.76. The van der Waals surface area contributed by atoms with Gasteiger partial charge in [0.1, 0.15) is 5.75 Å². The first-order chi connectivity index (χ1) is 7.63. The lowest BCUT2D eigenvalue weighted by Gasteiger charge is -2.32. The van der Waals surface area contributed by atoms with Gasteiger partial charge in [0.25, 0.3) is 0 Å². The van der Waals surface area contributed by atoms with Gasteiger partial charge in [-0.15, -0.1) is 0 Å². The normalized spacial score (nSPS) is 16.8. The largest absolute Gasteiger partial charge is 0.497 e. The molecule has 1 aliphatic carbocycles. The van der Waals surface area contributed by atoms with Crippen molar-refractivity contribution in [3.8, 4) is 5.75 Å². The van der Waals surface area contributed by atoms with Gasteiger partial charge in [-0.3, -0.25) is 0 Å². The summed E-state index contributed by atoms with van der Waals surface area (Å²) in [6.45, 7) is 8.66. The Balaban J connectivity index is 0.000000606. The van der Waals surface area contributed by atoms with Crippen molar-refractivity contribution in [1.29, 1.82) is 0 Å². The van der Waals surface area contributed by atoms with E-state index < -0.39 is 0 Å². The Kier molecular flexibility index (Phi) is 4.40. The minimum absolute atomic E-state index is 0.347. The Bertz CT molecular complexity index is 339. The van der Waals surface area contributed by atoms with Crippen LogP contribution in [0.15, 0.2) is 18.2 Å². The molecule has 0 saturated heterocycles. The number of fused-ring (bicyclic) bond motifs is 1. The zero-order valence-electron chi connectivity index (χ0n) is 11.3. The van der Waals surface area contributed by atoms with Crippen LogP contribution in [-0.4, -0.2) is 7.11 Å². The molecule has 16 heavy (non-hydrogen) atoms. The molecule has 0 aliphatic heterocycles. The molecule has 0 aromatic heterocycles. The topological polar surface area (TPSA) is 9.23 Å². The lowest BCUT2D eigenvalue weighted by molar-refractivity contribution is 0.406. The molecule has 0 radical (unpaired) electrons. The molecule has 2 rings (SSSR count). The maximum atomic E-state index is 5.25. The van der Waals surface area contributed by atoms with Gasteiger partial charge in [0.05, 0.1) is 7.11 Å². The summed E-state index contributed by atoms with van der Waals surface area (Å²) in [7, 11) is 1.73. The molecule has 0 atom stereocenters. The van der Waals surface area contributed by atoms with Crippen molar-refractivity contribution in [2.75, 3.05) is 7.11 Å². The Hall–Kier alpha value is -0.980. The molecular formula is C15H24O. The van der Waals surface area contributed by atoms with Crippen LogP contribution in [0.1, 0.15) is 51.7 Å². The van der Waals surface area contributed by atoms with E-state index in [2.05, 4.69) is 32.0 Å². The van der Waals surface area contributed by atoms with Crippen LogP contribution in [0.2, 0.25) is 0 Å². The molecule has 0 bridgehead atoms. The minimum Gasteiger partial charge on any atom is -0.497 e. The third-order valence-electron chi connectivity index (χ3n) is 3.29. The summed E-state index contributed by atoms with van der Waals surface area (Å²) in [5.74, 6) is 0.987. The molecule has 0 unspecified atom stereocenters. The first-order valence-electron chi connectivity index (χ1n) is 6.31. The Morgan fingerprint density at radius 3 is 2.50 bits per heavy atom. The van der Waals surface area contributed by atoms with E-state index >= 15 is 0 Å². The van der Waals surface area contributed by atoms with Crippen molar-refractivity contribution < 1.29 is 4.74 Å². The maximum absolute atomic E-state index is 5.25. The van der Waals surface area contributed by atoms with Crippen LogP contribution >= 0.6 is 0 Å². The number of aryl methyl sites for hydroxylation is 1. The van der Waals surface area contributed by atoms with Crippen molar-refractivity contribution in [2.24, 2.45) is 0 Å². The fraction of sp³-hybridized carbons (Fsp3) is 0.600. The summed E-state index contributed by atoms with van der Waals surface area (Å²) in [5, 5.41) is 0. The molecule has 0 fully saturated rings. The smallest absolute Gasteiger partial charge is 0.119 e. The third-order valence-corrected chi connectivity index (χ3v) is 3.29. The summed E-state index contributed by atoms with van der Waals surface area (Å²) in [4.78, 5) is 0. The highest BCUT2D eigenvalue weighted by Crippen LogP contribution is 2.37. The summed E-state index contributed by atoms with van der Waals surface area (Å²) in [6.07, 6.45) is 3.80. The number of rotatable bonds is 1. The summed E-state index contributed by atoms with van der Waals surface area (Å²) in [5.41, 5.74) is 3.32. The van der Waals surface area contributed by atoms with Gasteiger partial charge in [-0.1, -0.05) is 33.8 Å². The van der Waals surface area contributed by atoms with E-state index in [-0.39, 0.29) is 0 Å². The Labute approximate surface area is 99.8 Å². The summed E-state index contributed by atoms with van der Waals surface area (Å²) in [6, 6.07) is 6.50. The maximum Gasteiger partial charge on any atom is 0.119 e. The SMILES string of the molecule is CC.COc1ccc2c(c1)CCCC2(C)C. The van der Waals surface area contributed by atoms with Crippen molar-refractivity contribution in [3.63, 3.8) is 0 Å². The average Bonchev–Trinajstić information content (AvgIpc) is 2.30. The standard InChI is InChI=1S/C13H18O.C2H6/c1-13(2)8-4-5-10-9-11(14-3)6-7-12(10)13;1-2/h6-7,9H,4-5,8H2,1-3H3;1-2H3. The van der Waals surface area contributed by atoms with Crippen molar-refractivity contribution in [3.05, 3.63) is 29.3 Å². The van der Waals surface area contributed by atoms with E-state index in [1.54, 1.807) is 7.11 Å². The molecule has 0 N–H and O–H groups in total. The van der Waals surface area contributed by atoms with Gasteiger partial charge < -0.3 is 4.74 Å². The van der Waals surface area contributed by atoms with Crippen LogP contribution in [-0.2, 0) is 11.8 Å². The molecule has 1 aromatic rings. The number of hydrogen-bond donors (Lipinski definition) is 0. The first-order valence-corrected chi connectivity index (χ1v) is 6.31. The van der Waals surface area contributed by atoms with E-state index in [4.69, 9.17) is 4.74 Å². The first kappa shape index (κ1) is 13.1. The lowest BCUT2D eigenvalue weighted by Crippen LogP contribution is -2.23. The molecule has 0 spiro atoms. The van der Waals surface area contributed by atoms with Gasteiger partial charge in [-0.05, 0) is 47.9 Å². The summed E-state index contributed by atoms with van der Waals surface area (Å²) >= 11 is 0. The zero-order chi connectivity index (χ0) is 12.2. The van der Waals surface area contributed by atoms with Crippen LogP contribution in [0, 0.1) is 0 Å².